The number of rotatable bonds is 8. The quantitative estimate of drug-likeness (QED) is 0.544. The van der Waals surface area contributed by atoms with Gasteiger partial charge in [0.15, 0.2) is 0 Å². The van der Waals surface area contributed by atoms with Crippen molar-refractivity contribution in [2.24, 2.45) is 5.14 Å². The normalized spacial score (nSPS) is 11.3. The molecule has 1 aromatic rings. The molecule has 0 saturated carbocycles. The molecular weight excluding hydrogens is 282 g/mol. The van der Waals surface area contributed by atoms with Gasteiger partial charge in [0.05, 0.1) is 18.0 Å². The summed E-state index contributed by atoms with van der Waals surface area (Å²) in [6, 6.07) is 6.15. The van der Waals surface area contributed by atoms with Gasteiger partial charge in [-0.1, -0.05) is 12.1 Å². The smallest absolute Gasteiger partial charge is 0.238 e. The van der Waals surface area contributed by atoms with E-state index >= 15 is 0 Å². The molecule has 0 fully saturated rings. The average Bonchev–Trinajstić information content (AvgIpc) is 2.41. The lowest BCUT2D eigenvalue weighted by atomic mass is 10.2. The Kier molecular flexibility index (Phi) is 6.59. The van der Waals surface area contributed by atoms with Crippen LogP contribution in [0.5, 0.6) is 0 Å². The van der Waals surface area contributed by atoms with Gasteiger partial charge in [-0.2, -0.15) is 0 Å². The summed E-state index contributed by atoms with van der Waals surface area (Å²) in [5, 5.41) is 10.6. The first-order chi connectivity index (χ1) is 9.43. The number of methoxy groups -OCH3 is 1. The number of primary sulfonamides is 1. The highest BCUT2D eigenvalue weighted by molar-refractivity contribution is 7.89. The molecule has 4 N–H and O–H groups in total. The van der Waals surface area contributed by atoms with Crippen molar-refractivity contribution in [3.63, 3.8) is 0 Å². The van der Waals surface area contributed by atoms with E-state index in [1.165, 1.54) is 12.1 Å². The summed E-state index contributed by atoms with van der Waals surface area (Å²) in [5.41, 5.74) is 0.668. The molecule has 0 unspecified atom stereocenters. The molecular formula is C12H19N3O4S. The maximum Gasteiger partial charge on any atom is 0.238 e. The van der Waals surface area contributed by atoms with E-state index < -0.39 is 10.0 Å². The molecule has 1 amide bonds. The van der Waals surface area contributed by atoms with Crippen molar-refractivity contribution in [1.29, 1.82) is 0 Å². The molecule has 0 atom stereocenters. The maximum atomic E-state index is 11.5. The molecule has 0 heterocycles. The van der Waals surface area contributed by atoms with Gasteiger partial charge in [0.25, 0.3) is 0 Å². The van der Waals surface area contributed by atoms with E-state index in [4.69, 9.17) is 9.88 Å². The Labute approximate surface area is 118 Å². The third-order valence-corrected chi connectivity index (χ3v) is 3.40. The molecule has 1 aromatic carbocycles. The summed E-state index contributed by atoms with van der Waals surface area (Å²) < 4.78 is 27.2. The minimum atomic E-state index is -3.72. The fourth-order valence-corrected chi connectivity index (χ4v) is 2.06. The number of nitrogens with two attached hydrogens (primary N) is 1. The van der Waals surface area contributed by atoms with Crippen LogP contribution in [-0.2, 0) is 26.1 Å². The number of carbonyl (C=O) groups excluding carboxylic acids is 1. The summed E-state index contributed by atoms with van der Waals surface area (Å²) in [5.74, 6) is -0.179. The number of carbonyl (C=O) groups is 1. The largest absolute Gasteiger partial charge is 0.383 e. The second-order valence-corrected chi connectivity index (χ2v) is 5.70. The van der Waals surface area contributed by atoms with Crippen LogP contribution in [0.2, 0.25) is 0 Å². The first-order valence-corrected chi connectivity index (χ1v) is 7.56. The highest BCUT2D eigenvalue weighted by Gasteiger charge is 2.08. The van der Waals surface area contributed by atoms with Crippen LogP contribution in [-0.4, -0.2) is 41.1 Å². The number of ether oxygens (including phenoxy) is 1. The lowest BCUT2D eigenvalue weighted by Crippen LogP contribution is -2.34. The van der Waals surface area contributed by atoms with E-state index in [1.807, 2.05) is 0 Å². The summed E-state index contributed by atoms with van der Waals surface area (Å²) in [6.07, 6.45) is 0. The summed E-state index contributed by atoms with van der Waals surface area (Å²) in [6.45, 7) is 1.54. The van der Waals surface area contributed by atoms with Crippen molar-refractivity contribution >= 4 is 15.9 Å². The molecule has 0 bridgehead atoms. The molecule has 20 heavy (non-hydrogen) atoms. The van der Waals surface area contributed by atoms with E-state index in [2.05, 4.69) is 10.6 Å². The maximum absolute atomic E-state index is 11.5. The van der Waals surface area contributed by atoms with Crippen molar-refractivity contribution < 1.29 is 17.9 Å². The van der Waals surface area contributed by atoms with E-state index in [0.717, 1.165) is 0 Å². The Hall–Kier alpha value is -1.48. The van der Waals surface area contributed by atoms with Crippen molar-refractivity contribution in [3.8, 4) is 0 Å². The molecule has 0 aliphatic carbocycles. The van der Waals surface area contributed by atoms with E-state index in [-0.39, 0.29) is 23.9 Å². The third-order valence-electron chi connectivity index (χ3n) is 2.49. The second-order valence-electron chi connectivity index (χ2n) is 4.14. The summed E-state index contributed by atoms with van der Waals surface area (Å²) in [7, 11) is -2.14. The topological polar surface area (TPSA) is 111 Å². The zero-order chi connectivity index (χ0) is 15.0. The predicted octanol–water partition coefficient (Wildman–Crippen LogP) is -0.814. The SMILES string of the molecule is COCCNCC(=O)NCc1cccc(S(N)(=O)=O)c1. The van der Waals surface area contributed by atoms with Crippen LogP contribution < -0.4 is 15.8 Å². The molecule has 7 nitrogen and oxygen atoms in total. The van der Waals surface area contributed by atoms with Crippen LogP contribution >= 0.6 is 0 Å². The standard InChI is InChI=1S/C12H19N3O4S/c1-19-6-5-14-9-12(16)15-8-10-3-2-4-11(7-10)20(13,17)18/h2-4,7,14H,5-6,8-9H2,1H3,(H,15,16)(H2,13,17,18). The number of hydrogen-bond acceptors (Lipinski definition) is 5. The fourth-order valence-electron chi connectivity index (χ4n) is 1.47. The average molecular weight is 301 g/mol. The Morgan fingerprint density at radius 2 is 2.15 bits per heavy atom. The van der Waals surface area contributed by atoms with Crippen LogP contribution in [0.25, 0.3) is 0 Å². The Bertz CT molecular complexity index is 545. The molecule has 8 heteroatoms. The molecule has 0 aliphatic heterocycles. The monoisotopic (exact) mass is 301 g/mol. The highest BCUT2D eigenvalue weighted by Crippen LogP contribution is 2.09. The van der Waals surface area contributed by atoms with Crippen LogP contribution in [0.4, 0.5) is 0 Å². The van der Waals surface area contributed by atoms with Gasteiger partial charge < -0.3 is 15.4 Å². The summed E-state index contributed by atoms with van der Waals surface area (Å²) in [4.78, 5) is 11.5. The first kappa shape index (κ1) is 16.6. The van der Waals surface area contributed by atoms with Gasteiger partial charge in [-0.3, -0.25) is 4.79 Å². The van der Waals surface area contributed by atoms with Crippen LogP contribution in [0.15, 0.2) is 29.2 Å². The number of hydrogen-bond donors (Lipinski definition) is 3. The molecule has 0 spiro atoms. The molecule has 112 valence electrons. The van der Waals surface area contributed by atoms with Gasteiger partial charge in [0.2, 0.25) is 15.9 Å². The van der Waals surface area contributed by atoms with Crippen molar-refractivity contribution in [2.75, 3.05) is 26.8 Å². The number of amides is 1. The van der Waals surface area contributed by atoms with Gasteiger partial charge in [-0.25, -0.2) is 13.6 Å². The zero-order valence-corrected chi connectivity index (χ0v) is 12.1. The molecule has 0 saturated heterocycles. The predicted molar refractivity (Wildman–Crippen MR) is 74.4 cm³/mol. The summed E-state index contributed by atoms with van der Waals surface area (Å²) >= 11 is 0. The zero-order valence-electron chi connectivity index (χ0n) is 11.3. The van der Waals surface area contributed by atoms with Gasteiger partial charge >= 0.3 is 0 Å². The molecule has 0 aliphatic rings. The van der Waals surface area contributed by atoms with Gasteiger partial charge in [-0.05, 0) is 17.7 Å². The van der Waals surface area contributed by atoms with Crippen molar-refractivity contribution in [2.45, 2.75) is 11.4 Å². The Morgan fingerprint density at radius 3 is 2.80 bits per heavy atom. The first-order valence-electron chi connectivity index (χ1n) is 6.01. The Balaban J connectivity index is 2.44. The minimum Gasteiger partial charge on any atom is -0.383 e. The number of sulfonamides is 1. The molecule has 0 aromatic heterocycles. The van der Waals surface area contributed by atoms with E-state index in [9.17, 15) is 13.2 Å². The van der Waals surface area contributed by atoms with Crippen LogP contribution in [0, 0.1) is 0 Å². The lowest BCUT2D eigenvalue weighted by Gasteiger charge is -2.07. The fraction of sp³-hybridized carbons (Fsp3) is 0.417. The lowest BCUT2D eigenvalue weighted by molar-refractivity contribution is -0.120. The minimum absolute atomic E-state index is 0.0301. The highest BCUT2D eigenvalue weighted by atomic mass is 32.2. The van der Waals surface area contributed by atoms with Gasteiger partial charge in [-0.15, -0.1) is 0 Å². The van der Waals surface area contributed by atoms with Crippen molar-refractivity contribution in [1.82, 2.24) is 10.6 Å². The number of nitrogens with one attached hydrogen (secondary N) is 2. The number of benzene rings is 1. The van der Waals surface area contributed by atoms with E-state index in [0.29, 0.717) is 18.7 Å². The molecule has 1 rings (SSSR count). The molecule has 0 radical (unpaired) electrons. The van der Waals surface area contributed by atoms with Gasteiger partial charge in [0, 0.05) is 20.2 Å². The van der Waals surface area contributed by atoms with Crippen LogP contribution in [0.1, 0.15) is 5.56 Å². The Morgan fingerprint density at radius 1 is 1.40 bits per heavy atom. The van der Waals surface area contributed by atoms with E-state index in [1.54, 1.807) is 19.2 Å². The van der Waals surface area contributed by atoms with Crippen molar-refractivity contribution in [3.05, 3.63) is 29.8 Å². The third kappa shape index (κ3) is 6.11. The second kappa shape index (κ2) is 7.95. The van der Waals surface area contributed by atoms with Gasteiger partial charge in [0.1, 0.15) is 0 Å². The van der Waals surface area contributed by atoms with Crippen LogP contribution in [0.3, 0.4) is 0 Å².